The van der Waals surface area contributed by atoms with Gasteiger partial charge >= 0.3 is 0 Å². The largest absolute Gasteiger partial charge is 0.493 e. The van der Waals surface area contributed by atoms with Crippen molar-refractivity contribution >= 4 is 5.96 Å². The Morgan fingerprint density at radius 3 is 2.04 bits per heavy atom. The summed E-state index contributed by atoms with van der Waals surface area (Å²) < 4.78 is 21.5. The molecular formula is C18H31N3O4. The minimum atomic E-state index is -0.275. The highest BCUT2D eigenvalue weighted by Crippen LogP contribution is 2.38. The van der Waals surface area contributed by atoms with Crippen LogP contribution in [0.4, 0.5) is 0 Å². The summed E-state index contributed by atoms with van der Waals surface area (Å²) in [7, 11) is 6.48. The molecule has 0 saturated carbocycles. The van der Waals surface area contributed by atoms with Crippen LogP contribution in [-0.2, 0) is 11.3 Å². The zero-order valence-electron chi connectivity index (χ0n) is 16.4. The molecule has 7 heteroatoms. The Kier molecular flexibility index (Phi) is 8.34. The van der Waals surface area contributed by atoms with Crippen LogP contribution in [0.2, 0.25) is 0 Å². The third-order valence-corrected chi connectivity index (χ3v) is 3.72. The normalized spacial score (nSPS) is 11.9. The minimum Gasteiger partial charge on any atom is -0.493 e. The van der Waals surface area contributed by atoms with Crippen LogP contribution in [-0.4, -0.2) is 53.1 Å². The average molecular weight is 353 g/mol. The van der Waals surface area contributed by atoms with E-state index in [4.69, 9.17) is 18.9 Å². The van der Waals surface area contributed by atoms with Gasteiger partial charge in [0.1, 0.15) is 0 Å². The number of ether oxygens (including phenoxy) is 4. The molecule has 0 aliphatic heterocycles. The van der Waals surface area contributed by atoms with Gasteiger partial charge in [0, 0.05) is 20.2 Å². The molecule has 0 heterocycles. The highest BCUT2D eigenvalue weighted by molar-refractivity contribution is 5.79. The Bertz CT molecular complexity index is 548. The lowest BCUT2D eigenvalue weighted by molar-refractivity contribution is 0.0268. The van der Waals surface area contributed by atoms with Gasteiger partial charge in [-0.3, -0.25) is 0 Å². The van der Waals surface area contributed by atoms with Gasteiger partial charge < -0.3 is 29.6 Å². The fourth-order valence-electron chi connectivity index (χ4n) is 2.11. The van der Waals surface area contributed by atoms with Crippen molar-refractivity contribution in [3.8, 4) is 17.2 Å². The summed E-state index contributed by atoms with van der Waals surface area (Å²) in [5, 5.41) is 6.51. The molecule has 1 aromatic carbocycles. The van der Waals surface area contributed by atoms with Crippen molar-refractivity contribution in [1.29, 1.82) is 0 Å². The SMILES string of the molecule is CCNC(=NCc1cc(OC)c(OC)c(OC)c1)NCC(C)(C)OC. The Morgan fingerprint density at radius 2 is 1.60 bits per heavy atom. The molecule has 0 aliphatic carbocycles. The van der Waals surface area contributed by atoms with Crippen LogP contribution in [0.1, 0.15) is 26.3 Å². The van der Waals surface area contributed by atoms with Gasteiger partial charge in [0.2, 0.25) is 5.75 Å². The van der Waals surface area contributed by atoms with Gasteiger partial charge in [-0.25, -0.2) is 4.99 Å². The first-order chi connectivity index (χ1) is 11.9. The summed E-state index contributed by atoms with van der Waals surface area (Å²) in [6.45, 7) is 7.95. The zero-order chi connectivity index (χ0) is 18.9. The van der Waals surface area contributed by atoms with E-state index in [1.54, 1.807) is 28.4 Å². The predicted molar refractivity (Wildman–Crippen MR) is 100 cm³/mol. The van der Waals surface area contributed by atoms with Crippen molar-refractivity contribution < 1.29 is 18.9 Å². The number of hydrogen-bond donors (Lipinski definition) is 2. The molecule has 2 N–H and O–H groups in total. The fraction of sp³-hybridized carbons (Fsp3) is 0.611. The summed E-state index contributed by atoms with van der Waals surface area (Å²) in [5.74, 6) is 2.53. The van der Waals surface area contributed by atoms with Crippen LogP contribution >= 0.6 is 0 Å². The van der Waals surface area contributed by atoms with E-state index in [1.165, 1.54) is 0 Å². The third kappa shape index (κ3) is 6.34. The molecule has 25 heavy (non-hydrogen) atoms. The molecule has 0 amide bonds. The molecule has 1 rings (SSSR count). The topological polar surface area (TPSA) is 73.3 Å². The monoisotopic (exact) mass is 353 g/mol. The van der Waals surface area contributed by atoms with Gasteiger partial charge in [-0.2, -0.15) is 0 Å². The second-order valence-electron chi connectivity index (χ2n) is 6.05. The van der Waals surface area contributed by atoms with E-state index in [1.807, 2.05) is 32.9 Å². The number of aliphatic imine (C=N–C) groups is 1. The standard InChI is InChI=1S/C18H31N3O4/c1-8-19-17(21-12-18(2,3)25-7)20-11-13-9-14(22-4)16(24-6)15(10-13)23-5/h9-10H,8,11-12H2,1-7H3,(H2,19,20,21). The highest BCUT2D eigenvalue weighted by atomic mass is 16.5. The van der Waals surface area contributed by atoms with Crippen molar-refractivity contribution in [3.63, 3.8) is 0 Å². The Hall–Kier alpha value is -2.15. The average Bonchev–Trinajstić information content (AvgIpc) is 2.62. The lowest BCUT2D eigenvalue weighted by Crippen LogP contribution is -2.45. The molecule has 0 aromatic heterocycles. The number of rotatable bonds is 9. The molecular weight excluding hydrogens is 322 g/mol. The van der Waals surface area contributed by atoms with Crippen molar-refractivity contribution in [2.45, 2.75) is 32.9 Å². The van der Waals surface area contributed by atoms with Gasteiger partial charge in [0.15, 0.2) is 17.5 Å². The quantitative estimate of drug-likeness (QED) is 0.524. The predicted octanol–water partition coefficient (Wildman–Crippen LogP) is 2.19. The van der Waals surface area contributed by atoms with Crippen LogP contribution in [0, 0.1) is 0 Å². The van der Waals surface area contributed by atoms with E-state index in [0.717, 1.165) is 18.1 Å². The summed E-state index contributed by atoms with van der Waals surface area (Å²) in [6.07, 6.45) is 0. The van der Waals surface area contributed by atoms with Crippen molar-refractivity contribution in [2.75, 3.05) is 41.5 Å². The summed E-state index contributed by atoms with van der Waals surface area (Å²) in [4.78, 5) is 4.61. The molecule has 0 atom stereocenters. The first-order valence-electron chi connectivity index (χ1n) is 8.27. The number of nitrogens with one attached hydrogen (secondary N) is 2. The van der Waals surface area contributed by atoms with Crippen LogP contribution in [0.3, 0.4) is 0 Å². The molecule has 7 nitrogen and oxygen atoms in total. The lowest BCUT2D eigenvalue weighted by atomic mass is 10.1. The Labute approximate surface area is 150 Å². The highest BCUT2D eigenvalue weighted by Gasteiger charge is 2.17. The van der Waals surface area contributed by atoms with Gasteiger partial charge in [-0.05, 0) is 38.5 Å². The summed E-state index contributed by atoms with van der Waals surface area (Å²) in [6, 6.07) is 3.79. The molecule has 1 aromatic rings. The van der Waals surface area contributed by atoms with E-state index in [9.17, 15) is 0 Å². The second-order valence-corrected chi connectivity index (χ2v) is 6.05. The van der Waals surface area contributed by atoms with Gasteiger partial charge in [-0.1, -0.05) is 0 Å². The Balaban J connectivity index is 2.95. The maximum absolute atomic E-state index is 5.42. The fourth-order valence-corrected chi connectivity index (χ4v) is 2.11. The lowest BCUT2D eigenvalue weighted by Gasteiger charge is -2.24. The van der Waals surface area contributed by atoms with E-state index < -0.39 is 0 Å². The second kappa shape index (κ2) is 9.98. The van der Waals surface area contributed by atoms with Gasteiger partial charge in [0.05, 0.1) is 33.5 Å². The summed E-state index contributed by atoms with van der Waals surface area (Å²) >= 11 is 0. The summed E-state index contributed by atoms with van der Waals surface area (Å²) in [5.41, 5.74) is 0.681. The first kappa shape index (κ1) is 20.9. The molecule has 142 valence electrons. The van der Waals surface area contributed by atoms with E-state index in [2.05, 4.69) is 15.6 Å². The van der Waals surface area contributed by atoms with Gasteiger partial charge in [-0.15, -0.1) is 0 Å². The van der Waals surface area contributed by atoms with Gasteiger partial charge in [0.25, 0.3) is 0 Å². The van der Waals surface area contributed by atoms with Crippen molar-refractivity contribution in [3.05, 3.63) is 17.7 Å². The van der Waals surface area contributed by atoms with Crippen molar-refractivity contribution in [2.24, 2.45) is 4.99 Å². The molecule has 0 saturated heterocycles. The smallest absolute Gasteiger partial charge is 0.203 e. The molecule has 0 radical (unpaired) electrons. The molecule has 0 aliphatic rings. The number of hydrogen-bond acceptors (Lipinski definition) is 5. The Morgan fingerprint density at radius 1 is 1.00 bits per heavy atom. The molecule has 0 spiro atoms. The minimum absolute atomic E-state index is 0.275. The van der Waals surface area contributed by atoms with Crippen LogP contribution in [0.15, 0.2) is 17.1 Å². The van der Waals surface area contributed by atoms with E-state index in [-0.39, 0.29) is 5.60 Å². The van der Waals surface area contributed by atoms with Crippen molar-refractivity contribution in [1.82, 2.24) is 10.6 Å². The number of methoxy groups -OCH3 is 4. The third-order valence-electron chi connectivity index (χ3n) is 3.72. The first-order valence-corrected chi connectivity index (χ1v) is 8.27. The number of benzene rings is 1. The van der Waals surface area contributed by atoms with Crippen LogP contribution in [0.25, 0.3) is 0 Å². The number of nitrogens with zero attached hydrogens (tertiary/aromatic N) is 1. The van der Waals surface area contributed by atoms with Crippen LogP contribution in [0.5, 0.6) is 17.2 Å². The van der Waals surface area contributed by atoms with Crippen LogP contribution < -0.4 is 24.8 Å². The van der Waals surface area contributed by atoms with E-state index in [0.29, 0.717) is 30.3 Å². The van der Waals surface area contributed by atoms with E-state index >= 15 is 0 Å². The molecule has 0 unspecified atom stereocenters. The zero-order valence-corrected chi connectivity index (χ0v) is 16.4. The maximum Gasteiger partial charge on any atom is 0.203 e. The number of guanidine groups is 1. The maximum atomic E-state index is 5.42. The molecule has 0 bridgehead atoms. The molecule has 0 fully saturated rings.